The fourth-order valence-corrected chi connectivity index (χ4v) is 1.89. The molecule has 58 valence electrons. The predicted octanol–water partition coefficient (Wildman–Crippen LogP) is 2.17. The van der Waals surface area contributed by atoms with E-state index in [2.05, 4.69) is 15.9 Å². The average Bonchev–Trinajstić information content (AvgIpc) is 1.89. The van der Waals surface area contributed by atoms with Crippen molar-refractivity contribution in [3.8, 4) is 0 Å². The molecule has 0 atom stereocenters. The predicted molar refractivity (Wildman–Crippen MR) is 42.4 cm³/mol. The summed E-state index contributed by atoms with van der Waals surface area (Å²) in [6.45, 7) is 0. The molecule has 0 bridgehead atoms. The number of aliphatic carboxylic acids is 1. The van der Waals surface area contributed by atoms with Gasteiger partial charge < -0.3 is 5.11 Å². The molecule has 0 aliphatic heterocycles. The average molecular weight is 207 g/mol. The number of rotatable bonds is 1. The van der Waals surface area contributed by atoms with Gasteiger partial charge in [-0.1, -0.05) is 35.2 Å². The Hall–Kier alpha value is -0.0500. The van der Waals surface area contributed by atoms with Crippen LogP contribution in [0.15, 0.2) is 0 Å². The summed E-state index contributed by atoms with van der Waals surface area (Å²) in [4.78, 5) is 10.6. The topological polar surface area (TPSA) is 37.3 Å². The van der Waals surface area contributed by atoms with Gasteiger partial charge in [-0.15, -0.1) is 0 Å². The fraction of sp³-hybridized carbons (Fsp3) is 0.857. The van der Waals surface area contributed by atoms with Gasteiger partial charge >= 0.3 is 5.97 Å². The van der Waals surface area contributed by atoms with Crippen molar-refractivity contribution >= 4 is 21.9 Å². The standard InChI is InChI=1S/C7H11BrO2/c8-7(6(9)10)4-2-1-3-5-7/h1-5H2,(H,9,10). The summed E-state index contributed by atoms with van der Waals surface area (Å²) in [7, 11) is 0. The van der Waals surface area contributed by atoms with Gasteiger partial charge in [0, 0.05) is 0 Å². The molecule has 0 aromatic heterocycles. The summed E-state index contributed by atoms with van der Waals surface area (Å²) in [6.07, 6.45) is 4.82. The maximum Gasteiger partial charge on any atom is 0.320 e. The first kappa shape index (κ1) is 8.05. The number of alkyl halides is 1. The summed E-state index contributed by atoms with van der Waals surface area (Å²) in [5, 5.41) is 8.75. The first-order valence-corrected chi connectivity index (χ1v) is 4.37. The van der Waals surface area contributed by atoms with Gasteiger partial charge in [-0.2, -0.15) is 0 Å². The van der Waals surface area contributed by atoms with Gasteiger partial charge in [0.15, 0.2) is 0 Å². The second kappa shape index (κ2) is 2.91. The van der Waals surface area contributed by atoms with E-state index in [9.17, 15) is 4.79 Å². The molecule has 1 aliphatic carbocycles. The molecule has 1 fully saturated rings. The summed E-state index contributed by atoms with van der Waals surface area (Å²) in [6, 6.07) is 0. The SMILES string of the molecule is O=C(O)C1(Br)CCCCC1. The highest BCUT2D eigenvalue weighted by Gasteiger charge is 2.36. The molecule has 2 nitrogen and oxygen atoms in total. The molecule has 0 radical (unpaired) electrons. The smallest absolute Gasteiger partial charge is 0.320 e. The first-order chi connectivity index (χ1) is 4.65. The Labute approximate surface area is 68.7 Å². The first-order valence-electron chi connectivity index (χ1n) is 3.57. The highest BCUT2D eigenvalue weighted by molar-refractivity contribution is 9.10. The van der Waals surface area contributed by atoms with E-state index < -0.39 is 10.3 Å². The van der Waals surface area contributed by atoms with Crippen molar-refractivity contribution in [1.29, 1.82) is 0 Å². The van der Waals surface area contributed by atoms with Crippen LogP contribution in [0.3, 0.4) is 0 Å². The van der Waals surface area contributed by atoms with Crippen LogP contribution in [0, 0.1) is 0 Å². The van der Waals surface area contributed by atoms with Gasteiger partial charge in [-0.3, -0.25) is 4.79 Å². The third-order valence-corrected chi connectivity index (χ3v) is 3.16. The monoisotopic (exact) mass is 206 g/mol. The van der Waals surface area contributed by atoms with Crippen LogP contribution in [0.2, 0.25) is 0 Å². The van der Waals surface area contributed by atoms with Crippen LogP contribution >= 0.6 is 15.9 Å². The van der Waals surface area contributed by atoms with Gasteiger partial charge in [0.25, 0.3) is 0 Å². The largest absolute Gasteiger partial charge is 0.480 e. The van der Waals surface area contributed by atoms with E-state index in [1.165, 1.54) is 6.42 Å². The van der Waals surface area contributed by atoms with Crippen molar-refractivity contribution in [2.45, 2.75) is 36.4 Å². The molecule has 0 amide bonds. The number of halogens is 1. The van der Waals surface area contributed by atoms with Gasteiger partial charge in [0.2, 0.25) is 0 Å². The Morgan fingerprint density at radius 2 is 1.80 bits per heavy atom. The highest BCUT2D eigenvalue weighted by atomic mass is 79.9. The van der Waals surface area contributed by atoms with Crippen molar-refractivity contribution in [1.82, 2.24) is 0 Å². The van der Waals surface area contributed by atoms with Crippen molar-refractivity contribution in [2.24, 2.45) is 0 Å². The molecular weight excluding hydrogens is 196 g/mol. The molecule has 0 saturated heterocycles. The molecule has 3 heteroatoms. The normalized spacial score (nSPS) is 24.1. The highest BCUT2D eigenvalue weighted by Crippen LogP contribution is 2.35. The van der Waals surface area contributed by atoms with Crippen molar-refractivity contribution < 1.29 is 9.90 Å². The lowest BCUT2D eigenvalue weighted by Gasteiger charge is -2.26. The summed E-state index contributed by atoms with van der Waals surface area (Å²) in [5.74, 6) is -0.702. The molecule has 1 aliphatic rings. The van der Waals surface area contributed by atoms with E-state index >= 15 is 0 Å². The van der Waals surface area contributed by atoms with E-state index in [4.69, 9.17) is 5.11 Å². The van der Waals surface area contributed by atoms with Crippen LogP contribution in [0.5, 0.6) is 0 Å². The lowest BCUT2D eigenvalue weighted by molar-refractivity contribution is -0.140. The number of carbonyl (C=O) groups is 1. The van der Waals surface area contributed by atoms with Crippen molar-refractivity contribution in [2.75, 3.05) is 0 Å². The van der Waals surface area contributed by atoms with Gasteiger partial charge in [0.1, 0.15) is 4.32 Å². The minimum absolute atomic E-state index is 0.592. The second-order valence-corrected chi connectivity index (χ2v) is 4.35. The van der Waals surface area contributed by atoms with Crippen LogP contribution in [0.25, 0.3) is 0 Å². The Balaban J connectivity index is 2.56. The molecule has 0 spiro atoms. The molecule has 1 N–H and O–H groups in total. The van der Waals surface area contributed by atoms with Gasteiger partial charge in [-0.25, -0.2) is 0 Å². The van der Waals surface area contributed by atoms with Crippen LogP contribution in [-0.2, 0) is 4.79 Å². The fourth-order valence-electron chi connectivity index (χ4n) is 1.33. The molecule has 1 rings (SSSR count). The molecule has 0 unspecified atom stereocenters. The Bertz CT molecular complexity index is 139. The summed E-state index contributed by atoms with van der Waals surface area (Å²) >= 11 is 3.26. The van der Waals surface area contributed by atoms with Crippen LogP contribution in [0.4, 0.5) is 0 Å². The number of hydrogen-bond acceptors (Lipinski definition) is 1. The zero-order valence-corrected chi connectivity index (χ0v) is 7.35. The lowest BCUT2D eigenvalue weighted by Crippen LogP contribution is -2.33. The molecule has 0 aromatic rings. The zero-order chi connectivity index (χ0) is 7.61. The molecule has 10 heavy (non-hydrogen) atoms. The van der Waals surface area contributed by atoms with E-state index in [-0.39, 0.29) is 0 Å². The third-order valence-electron chi connectivity index (χ3n) is 2.03. The summed E-state index contributed by atoms with van der Waals surface area (Å²) < 4.78 is -0.592. The lowest BCUT2D eigenvalue weighted by atomic mass is 9.89. The minimum Gasteiger partial charge on any atom is -0.480 e. The van der Waals surface area contributed by atoms with Gasteiger partial charge in [-0.05, 0) is 12.8 Å². The van der Waals surface area contributed by atoms with Crippen LogP contribution in [-0.4, -0.2) is 15.4 Å². The Morgan fingerprint density at radius 3 is 2.10 bits per heavy atom. The van der Waals surface area contributed by atoms with E-state index in [0.29, 0.717) is 0 Å². The van der Waals surface area contributed by atoms with Crippen LogP contribution in [0.1, 0.15) is 32.1 Å². The third kappa shape index (κ3) is 1.51. The quantitative estimate of drug-likeness (QED) is 0.669. The minimum atomic E-state index is -0.702. The summed E-state index contributed by atoms with van der Waals surface area (Å²) in [5.41, 5.74) is 0. The molecular formula is C7H11BrO2. The number of carboxylic acid groups (broad SMARTS) is 1. The van der Waals surface area contributed by atoms with Crippen molar-refractivity contribution in [3.05, 3.63) is 0 Å². The maximum atomic E-state index is 10.6. The van der Waals surface area contributed by atoms with Gasteiger partial charge in [0.05, 0.1) is 0 Å². The maximum absolute atomic E-state index is 10.6. The molecule has 1 saturated carbocycles. The number of carboxylic acids is 1. The Morgan fingerprint density at radius 1 is 1.30 bits per heavy atom. The number of hydrogen-bond donors (Lipinski definition) is 1. The Kier molecular flexibility index (Phi) is 2.34. The second-order valence-electron chi connectivity index (χ2n) is 2.83. The van der Waals surface area contributed by atoms with E-state index in [1.807, 2.05) is 0 Å². The molecule has 0 heterocycles. The van der Waals surface area contributed by atoms with E-state index in [1.54, 1.807) is 0 Å². The molecule has 0 aromatic carbocycles. The van der Waals surface area contributed by atoms with Crippen molar-refractivity contribution in [3.63, 3.8) is 0 Å². The zero-order valence-electron chi connectivity index (χ0n) is 5.77. The van der Waals surface area contributed by atoms with E-state index in [0.717, 1.165) is 25.7 Å². The van der Waals surface area contributed by atoms with Crippen LogP contribution < -0.4 is 0 Å².